The number of para-hydroxylation sites is 1. The normalized spacial score (nSPS) is 15.4. The highest BCUT2D eigenvalue weighted by molar-refractivity contribution is 7.99. The van der Waals surface area contributed by atoms with E-state index in [0.717, 1.165) is 17.0 Å². The van der Waals surface area contributed by atoms with Crippen molar-refractivity contribution in [3.63, 3.8) is 0 Å². The van der Waals surface area contributed by atoms with E-state index in [-0.39, 0.29) is 5.82 Å². The molecular formula is C18H15FN4OS. The standard InChI is InChI=1S/C18H15FN4OS/c1-2-25-18-21-17-15(22-23-18)12-8-4-6-10-14(12)20-16(24-17)11-7-3-5-9-13(11)19/h3-10,16,20H,2H2,1H3/t16-/m0/s1. The Bertz CT molecular complexity index is 921. The Morgan fingerprint density at radius 1 is 1.12 bits per heavy atom. The van der Waals surface area contributed by atoms with Gasteiger partial charge in [-0.05, 0) is 17.9 Å². The molecular weight excluding hydrogens is 339 g/mol. The molecule has 25 heavy (non-hydrogen) atoms. The zero-order chi connectivity index (χ0) is 17.2. The van der Waals surface area contributed by atoms with Crippen LogP contribution in [0.3, 0.4) is 0 Å². The number of hydrogen-bond acceptors (Lipinski definition) is 6. The van der Waals surface area contributed by atoms with E-state index in [0.29, 0.717) is 22.3 Å². The molecule has 0 spiro atoms. The van der Waals surface area contributed by atoms with E-state index in [9.17, 15) is 4.39 Å². The van der Waals surface area contributed by atoms with E-state index in [2.05, 4.69) is 20.5 Å². The van der Waals surface area contributed by atoms with E-state index >= 15 is 0 Å². The molecule has 7 heteroatoms. The maximum Gasteiger partial charge on any atom is 0.247 e. The minimum atomic E-state index is -0.709. The quantitative estimate of drug-likeness (QED) is 0.708. The fourth-order valence-corrected chi connectivity index (χ4v) is 3.17. The molecule has 0 radical (unpaired) electrons. The molecule has 0 unspecified atom stereocenters. The number of rotatable bonds is 3. The maximum atomic E-state index is 14.3. The Labute approximate surface area is 148 Å². The molecule has 1 aromatic heterocycles. The van der Waals surface area contributed by atoms with Crippen LogP contribution in [-0.4, -0.2) is 20.9 Å². The first kappa shape index (κ1) is 15.8. The van der Waals surface area contributed by atoms with Crippen molar-refractivity contribution in [3.05, 3.63) is 59.9 Å². The lowest BCUT2D eigenvalue weighted by molar-refractivity contribution is 0.220. The van der Waals surface area contributed by atoms with E-state index < -0.39 is 6.23 Å². The molecule has 2 aromatic carbocycles. The van der Waals surface area contributed by atoms with Gasteiger partial charge in [0.15, 0.2) is 5.69 Å². The third-order valence-corrected chi connectivity index (χ3v) is 4.51. The van der Waals surface area contributed by atoms with Crippen LogP contribution < -0.4 is 10.1 Å². The fraction of sp³-hybridized carbons (Fsp3) is 0.167. The Morgan fingerprint density at radius 2 is 1.92 bits per heavy atom. The number of nitrogens with zero attached hydrogens (tertiary/aromatic N) is 3. The molecule has 1 aliphatic heterocycles. The highest BCUT2D eigenvalue weighted by atomic mass is 32.2. The van der Waals surface area contributed by atoms with Gasteiger partial charge < -0.3 is 10.1 Å². The summed E-state index contributed by atoms with van der Waals surface area (Å²) in [6.07, 6.45) is -0.709. The third-order valence-electron chi connectivity index (χ3n) is 3.79. The number of anilines is 1. The lowest BCUT2D eigenvalue weighted by Crippen LogP contribution is -2.18. The van der Waals surface area contributed by atoms with E-state index in [1.807, 2.05) is 31.2 Å². The zero-order valence-electron chi connectivity index (χ0n) is 13.4. The number of fused-ring (bicyclic) bond motifs is 3. The fourth-order valence-electron chi connectivity index (χ4n) is 2.67. The summed E-state index contributed by atoms with van der Waals surface area (Å²) in [4.78, 5) is 4.47. The third kappa shape index (κ3) is 3.02. The second-order valence-electron chi connectivity index (χ2n) is 5.39. The van der Waals surface area contributed by atoms with Crippen LogP contribution in [0.25, 0.3) is 11.3 Å². The maximum absolute atomic E-state index is 14.3. The average molecular weight is 354 g/mol. The number of thioether (sulfide) groups is 1. The van der Waals surface area contributed by atoms with Gasteiger partial charge in [0.1, 0.15) is 5.82 Å². The SMILES string of the molecule is CCSc1nnc2c(n1)O[C@@H](c1ccccc1F)Nc1ccccc1-2. The molecule has 126 valence electrons. The number of benzene rings is 2. The Kier molecular flexibility index (Phi) is 4.23. The molecule has 0 fully saturated rings. The lowest BCUT2D eigenvalue weighted by Gasteiger charge is -2.19. The predicted molar refractivity (Wildman–Crippen MR) is 95.1 cm³/mol. The van der Waals surface area contributed by atoms with Gasteiger partial charge in [0, 0.05) is 16.8 Å². The summed E-state index contributed by atoms with van der Waals surface area (Å²) in [5.41, 5.74) is 2.57. The first-order valence-electron chi connectivity index (χ1n) is 7.91. The molecule has 0 saturated carbocycles. The Balaban J connectivity index is 1.85. The van der Waals surface area contributed by atoms with Gasteiger partial charge in [-0.1, -0.05) is 55.1 Å². The number of nitrogens with one attached hydrogen (secondary N) is 1. The molecule has 5 nitrogen and oxygen atoms in total. The van der Waals surface area contributed by atoms with Crippen molar-refractivity contribution in [2.45, 2.75) is 18.3 Å². The molecule has 1 atom stereocenters. The van der Waals surface area contributed by atoms with Gasteiger partial charge in [0.25, 0.3) is 0 Å². The largest absolute Gasteiger partial charge is 0.448 e. The van der Waals surface area contributed by atoms with Gasteiger partial charge in [-0.2, -0.15) is 4.98 Å². The molecule has 1 aliphatic rings. The van der Waals surface area contributed by atoms with Crippen LogP contribution in [0.4, 0.5) is 10.1 Å². The summed E-state index contributed by atoms with van der Waals surface area (Å²) in [6.45, 7) is 2.01. The summed E-state index contributed by atoms with van der Waals surface area (Å²) in [5.74, 6) is 0.828. The summed E-state index contributed by atoms with van der Waals surface area (Å²) in [6, 6.07) is 14.2. The van der Waals surface area contributed by atoms with Gasteiger partial charge in [0.05, 0.1) is 0 Å². The van der Waals surface area contributed by atoms with Crippen molar-refractivity contribution in [1.82, 2.24) is 15.2 Å². The molecule has 0 saturated heterocycles. The molecule has 4 rings (SSSR count). The van der Waals surface area contributed by atoms with Crippen LogP contribution in [0.5, 0.6) is 5.88 Å². The molecule has 2 heterocycles. The van der Waals surface area contributed by atoms with Crippen LogP contribution in [0.2, 0.25) is 0 Å². The van der Waals surface area contributed by atoms with Crippen molar-refractivity contribution < 1.29 is 9.13 Å². The van der Waals surface area contributed by atoms with E-state index in [1.54, 1.807) is 18.2 Å². The first-order chi connectivity index (χ1) is 12.3. The molecule has 0 bridgehead atoms. The number of hydrogen-bond donors (Lipinski definition) is 1. The minimum absolute atomic E-state index is 0.342. The highest BCUT2D eigenvalue weighted by Crippen LogP contribution is 2.39. The monoisotopic (exact) mass is 354 g/mol. The van der Waals surface area contributed by atoms with E-state index in [4.69, 9.17) is 4.74 Å². The van der Waals surface area contributed by atoms with Gasteiger partial charge in [-0.3, -0.25) is 0 Å². The first-order valence-corrected chi connectivity index (χ1v) is 8.89. The minimum Gasteiger partial charge on any atom is -0.448 e. The van der Waals surface area contributed by atoms with Crippen LogP contribution in [-0.2, 0) is 0 Å². The number of ether oxygens (including phenoxy) is 1. The molecule has 0 amide bonds. The smallest absolute Gasteiger partial charge is 0.247 e. The van der Waals surface area contributed by atoms with Gasteiger partial charge >= 0.3 is 0 Å². The second kappa shape index (κ2) is 6.68. The highest BCUT2D eigenvalue weighted by Gasteiger charge is 2.27. The predicted octanol–water partition coefficient (Wildman–Crippen LogP) is 4.29. The van der Waals surface area contributed by atoms with Crippen molar-refractivity contribution in [1.29, 1.82) is 0 Å². The zero-order valence-corrected chi connectivity index (χ0v) is 14.3. The second-order valence-corrected chi connectivity index (χ2v) is 6.62. The Hall–Kier alpha value is -2.67. The van der Waals surface area contributed by atoms with Crippen molar-refractivity contribution >= 4 is 17.4 Å². The van der Waals surface area contributed by atoms with Gasteiger partial charge in [-0.25, -0.2) is 4.39 Å². The molecule has 1 N–H and O–H groups in total. The van der Waals surface area contributed by atoms with Gasteiger partial charge in [0.2, 0.25) is 17.3 Å². The van der Waals surface area contributed by atoms with Crippen LogP contribution in [0, 0.1) is 5.82 Å². The van der Waals surface area contributed by atoms with Gasteiger partial charge in [-0.15, -0.1) is 10.2 Å². The lowest BCUT2D eigenvalue weighted by atomic mass is 10.1. The van der Waals surface area contributed by atoms with Crippen LogP contribution in [0.15, 0.2) is 53.7 Å². The molecule has 3 aromatic rings. The summed E-state index contributed by atoms with van der Waals surface area (Å²) >= 11 is 1.48. The van der Waals surface area contributed by atoms with Crippen molar-refractivity contribution in [3.8, 4) is 17.1 Å². The summed E-state index contributed by atoms with van der Waals surface area (Å²) in [7, 11) is 0. The van der Waals surface area contributed by atoms with Crippen molar-refractivity contribution in [2.24, 2.45) is 0 Å². The number of halogens is 1. The van der Waals surface area contributed by atoms with Crippen LogP contribution >= 0.6 is 11.8 Å². The Morgan fingerprint density at radius 3 is 2.76 bits per heavy atom. The number of aromatic nitrogens is 3. The van der Waals surface area contributed by atoms with Crippen LogP contribution in [0.1, 0.15) is 18.7 Å². The summed E-state index contributed by atoms with van der Waals surface area (Å²) in [5, 5.41) is 12.2. The summed E-state index contributed by atoms with van der Waals surface area (Å²) < 4.78 is 20.3. The topological polar surface area (TPSA) is 59.9 Å². The van der Waals surface area contributed by atoms with Crippen molar-refractivity contribution in [2.75, 3.05) is 11.1 Å². The molecule has 0 aliphatic carbocycles. The average Bonchev–Trinajstić information content (AvgIpc) is 2.79. The van der Waals surface area contributed by atoms with E-state index in [1.165, 1.54) is 17.8 Å².